The topological polar surface area (TPSA) is 82.8 Å². The highest BCUT2D eigenvalue weighted by Gasteiger charge is 2.22. The molecule has 0 aliphatic carbocycles. The van der Waals surface area contributed by atoms with E-state index in [1.165, 1.54) is 4.80 Å². The third-order valence-corrected chi connectivity index (χ3v) is 2.20. The fraction of sp³-hybridized carbons (Fsp3) is 0.444. The Hall–Kier alpha value is -1.69. The van der Waals surface area contributed by atoms with Gasteiger partial charge in [0.2, 0.25) is 5.82 Å². The zero-order valence-electron chi connectivity index (χ0n) is 8.71. The fourth-order valence-corrected chi connectivity index (χ4v) is 1.06. The summed E-state index contributed by atoms with van der Waals surface area (Å²) < 4.78 is 5.17. The van der Waals surface area contributed by atoms with Gasteiger partial charge in [0.1, 0.15) is 0 Å². The Morgan fingerprint density at radius 2 is 2.33 bits per heavy atom. The zero-order chi connectivity index (χ0) is 10.9. The van der Waals surface area contributed by atoms with Gasteiger partial charge in [-0.05, 0) is 31.2 Å². The summed E-state index contributed by atoms with van der Waals surface area (Å²) in [5, 5.41) is 12.1. The molecule has 0 radical (unpaired) electrons. The van der Waals surface area contributed by atoms with Gasteiger partial charge in [0.25, 0.3) is 0 Å². The number of tetrazole rings is 1. The van der Waals surface area contributed by atoms with E-state index in [4.69, 9.17) is 10.2 Å². The van der Waals surface area contributed by atoms with E-state index in [2.05, 4.69) is 15.4 Å². The van der Waals surface area contributed by atoms with E-state index in [0.29, 0.717) is 18.1 Å². The Balaban J connectivity index is 2.33. The molecule has 80 valence electrons. The molecule has 2 N–H and O–H groups in total. The lowest BCUT2D eigenvalue weighted by atomic mass is 10.1. The Morgan fingerprint density at radius 3 is 2.93 bits per heavy atom. The van der Waals surface area contributed by atoms with Gasteiger partial charge >= 0.3 is 0 Å². The van der Waals surface area contributed by atoms with Gasteiger partial charge in [-0.15, -0.1) is 10.2 Å². The summed E-state index contributed by atoms with van der Waals surface area (Å²) in [7, 11) is 0. The maximum atomic E-state index is 5.61. The van der Waals surface area contributed by atoms with Crippen LogP contribution in [0.1, 0.15) is 13.8 Å². The van der Waals surface area contributed by atoms with Gasteiger partial charge in [-0.25, -0.2) is 0 Å². The van der Waals surface area contributed by atoms with Crippen molar-refractivity contribution in [2.24, 2.45) is 5.73 Å². The molecule has 15 heavy (non-hydrogen) atoms. The fourth-order valence-electron chi connectivity index (χ4n) is 1.06. The number of hydrogen-bond donors (Lipinski definition) is 1. The molecule has 0 spiro atoms. The first-order chi connectivity index (χ1) is 7.13. The summed E-state index contributed by atoms with van der Waals surface area (Å²) in [6.45, 7) is 4.34. The number of aromatic nitrogens is 4. The molecular formula is C9H13N5O. The van der Waals surface area contributed by atoms with Crippen molar-refractivity contribution in [3.63, 3.8) is 0 Å². The van der Waals surface area contributed by atoms with Crippen molar-refractivity contribution in [2.45, 2.75) is 19.4 Å². The van der Waals surface area contributed by atoms with Crippen molar-refractivity contribution in [3.05, 3.63) is 18.4 Å². The molecule has 2 rings (SSSR count). The highest BCUT2D eigenvalue weighted by Crippen LogP contribution is 2.16. The van der Waals surface area contributed by atoms with Gasteiger partial charge < -0.3 is 10.2 Å². The highest BCUT2D eigenvalue weighted by molar-refractivity contribution is 5.43. The quantitative estimate of drug-likeness (QED) is 0.798. The number of furan rings is 1. The van der Waals surface area contributed by atoms with Crippen LogP contribution in [-0.2, 0) is 5.54 Å². The second-order valence-corrected chi connectivity index (χ2v) is 3.90. The number of nitrogens with two attached hydrogens (primary N) is 1. The van der Waals surface area contributed by atoms with Crippen LogP contribution >= 0.6 is 0 Å². The lowest BCUT2D eigenvalue weighted by Crippen LogP contribution is -2.36. The van der Waals surface area contributed by atoms with Gasteiger partial charge in [-0.3, -0.25) is 0 Å². The summed E-state index contributed by atoms with van der Waals surface area (Å²) in [5.41, 5.74) is 5.28. The maximum Gasteiger partial charge on any atom is 0.240 e. The van der Waals surface area contributed by atoms with Crippen molar-refractivity contribution in [3.8, 4) is 11.6 Å². The van der Waals surface area contributed by atoms with Crippen LogP contribution in [0.2, 0.25) is 0 Å². The van der Waals surface area contributed by atoms with Gasteiger partial charge in [0.15, 0.2) is 5.76 Å². The molecule has 6 heteroatoms. The van der Waals surface area contributed by atoms with E-state index in [1.54, 1.807) is 18.4 Å². The molecular weight excluding hydrogens is 194 g/mol. The molecule has 2 heterocycles. The van der Waals surface area contributed by atoms with E-state index in [-0.39, 0.29) is 5.54 Å². The van der Waals surface area contributed by atoms with Crippen molar-refractivity contribution in [2.75, 3.05) is 6.54 Å². The molecule has 0 saturated heterocycles. The van der Waals surface area contributed by atoms with Crippen LogP contribution in [0.3, 0.4) is 0 Å². The first-order valence-corrected chi connectivity index (χ1v) is 4.68. The number of hydrogen-bond acceptors (Lipinski definition) is 5. The standard InChI is InChI=1S/C9H13N5O/c1-9(2,6-10)14-12-8(11-13-14)7-4-3-5-15-7/h3-5H,6,10H2,1-2H3. The summed E-state index contributed by atoms with van der Waals surface area (Å²) in [6, 6.07) is 3.57. The van der Waals surface area contributed by atoms with Crippen molar-refractivity contribution >= 4 is 0 Å². The van der Waals surface area contributed by atoms with Gasteiger partial charge in [0, 0.05) is 6.54 Å². The second-order valence-electron chi connectivity index (χ2n) is 3.90. The predicted molar refractivity (Wildman–Crippen MR) is 53.9 cm³/mol. The third kappa shape index (κ3) is 1.75. The SMILES string of the molecule is CC(C)(CN)n1nnc(-c2ccco2)n1. The molecule has 0 amide bonds. The highest BCUT2D eigenvalue weighted by atomic mass is 16.3. The Morgan fingerprint density at radius 1 is 1.53 bits per heavy atom. The van der Waals surface area contributed by atoms with Crippen LogP contribution in [0.5, 0.6) is 0 Å². The van der Waals surface area contributed by atoms with Crippen LogP contribution < -0.4 is 5.73 Å². The lowest BCUT2D eigenvalue weighted by molar-refractivity contribution is 0.285. The van der Waals surface area contributed by atoms with E-state index >= 15 is 0 Å². The monoisotopic (exact) mass is 207 g/mol. The minimum absolute atomic E-state index is 0.335. The van der Waals surface area contributed by atoms with Crippen LogP contribution in [0.4, 0.5) is 0 Å². The smallest absolute Gasteiger partial charge is 0.240 e. The molecule has 6 nitrogen and oxygen atoms in total. The summed E-state index contributed by atoms with van der Waals surface area (Å²) >= 11 is 0. The van der Waals surface area contributed by atoms with E-state index < -0.39 is 0 Å². The van der Waals surface area contributed by atoms with E-state index in [1.807, 2.05) is 13.8 Å². The number of rotatable bonds is 3. The van der Waals surface area contributed by atoms with Crippen molar-refractivity contribution < 1.29 is 4.42 Å². The average molecular weight is 207 g/mol. The minimum Gasteiger partial charge on any atom is -0.461 e. The van der Waals surface area contributed by atoms with E-state index in [0.717, 1.165) is 0 Å². The third-order valence-electron chi connectivity index (χ3n) is 2.20. The Kier molecular flexibility index (Phi) is 2.28. The Labute approximate surface area is 87.1 Å². The molecule has 0 unspecified atom stereocenters. The summed E-state index contributed by atoms with van der Waals surface area (Å²) in [4.78, 5) is 1.50. The van der Waals surface area contributed by atoms with Crippen LogP contribution in [-0.4, -0.2) is 26.8 Å². The first kappa shape index (κ1) is 9.85. The van der Waals surface area contributed by atoms with Crippen LogP contribution in [0.15, 0.2) is 22.8 Å². The molecule has 0 aliphatic rings. The predicted octanol–water partition coefficient (Wildman–Crippen LogP) is 0.627. The molecule has 2 aromatic rings. The molecule has 0 bridgehead atoms. The molecule has 0 fully saturated rings. The first-order valence-electron chi connectivity index (χ1n) is 4.68. The van der Waals surface area contributed by atoms with Crippen LogP contribution in [0, 0.1) is 0 Å². The molecule has 0 saturated carbocycles. The number of nitrogens with zero attached hydrogens (tertiary/aromatic N) is 4. The molecule has 0 aromatic carbocycles. The van der Waals surface area contributed by atoms with Crippen LogP contribution in [0.25, 0.3) is 11.6 Å². The average Bonchev–Trinajstić information content (AvgIpc) is 2.88. The van der Waals surface area contributed by atoms with Gasteiger partial charge in [0.05, 0.1) is 11.8 Å². The summed E-state index contributed by atoms with van der Waals surface area (Å²) in [6.07, 6.45) is 1.57. The lowest BCUT2D eigenvalue weighted by Gasteiger charge is -2.19. The zero-order valence-corrected chi connectivity index (χ0v) is 8.71. The van der Waals surface area contributed by atoms with Crippen molar-refractivity contribution in [1.29, 1.82) is 0 Å². The van der Waals surface area contributed by atoms with E-state index in [9.17, 15) is 0 Å². The van der Waals surface area contributed by atoms with Crippen molar-refractivity contribution in [1.82, 2.24) is 20.2 Å². The molecule has 0 atom stereocenters. The van der Waals surface area contributed by atoms with Gasteiger partial charge in [-0.2, -0.15) is 4.80 Å². The van der Waals surface area contributed by atoms with Gasteiger partial charge in [-0.1, -0.05) is 0 Å². The Bertz CT molecular complexity index is 431. The maximum absolute atomic E-state index is 5.61. The second kappa shape index (κ2) is 3.47. The normalized spacial score (nSPS) is 11.9. The minimum atomic E-state index is -0.335. The summed E-state index contributed by atoms with van der Waals surface area (Å²) in [5.74, 6) is 1.08. The molecule has 0 aliphatic heterocycles. The molecule has 2 aromatic heterocycles. The largest absolute Gasteiger partial charge is 0.461 e.